The van der Waals surface area contributed by atoms with Gasteiger partial charge in [-0.2, -0.15) is 0 Å². The fraction of sp³-hybridized carbons (Fsp3) is 0.222. The molecule has 0 aliphatic carbocycles. The van der Waals surface area contributed by atoms with E-state index >= 15 is 0 Å². The molecule has 2 aromatic rings. The van der Waals surface area contributed by atoms with Crippen LogP contribution in [0.5, 0.6) is 5.75 Å². The number of anilines is 2. The molecule has 126 valence electrons. The van der Waals surface area contributed by atoms with Gasteiger partial charge in [0, 0.05) is 11.8 Å². The Bertz CT molecular complexity index is 759. The van der Waals surface area contributed by atoms with Crippen molar-refractivity contribution in [2.24, 2.45) is 5.41 Å². The maximum Gasteiger partial charge on any atom is 0.239 e. The van der Waals surface area contributed by atoms with Crippen molar-refractivity contribution in [3.05, 3.63) is 53.6 Å². The summed E-state index contributed by atoms with van der Waals surface area (Å²) in [6.07, 6.45) is 0. The van der Waals surface area contributed by atoms with Gasteiger partial charge in [-0.25, -0.2) is 0 Å². The smallest absolute Gasteiger partial charge is 0.239 e. The summed E-state index contributed by atoms with van der Waals surface area (Å²) in [5, 5.41) is 5.82. The van der Waals surface area contributed by atoms with E-state index in [0.717, 1.165) is 0 Å². The third-order valence-electron chi connectivity index (χ3n) is 3.58. The van der Waals surface area contributed by atoms with Crippen LogP contribution < -0.4 is 15.4 Å². The topological polar surface area (TPSA) is 67.4 Å². The van der Waals surface area contributed by atoms with Gasteiger partial charge >= 0.3 is 0 Å². The van der Waals surface area contributed by atoms with E-state index in [1.54, 1.807) is 69.5 Å². The normalized spacial score (nSPS) is 10.8. The number of halogens is 1. The molecule has 0 saturated heterocycles. The number of nitrogens with one attached hydrogen (secondary N) is 2. The molecular weight excluding hydrogens is 328 g/mol. The quantitative estimate of drug-likeness (QED) is 0.805. The zero-order valence-electron chi connectivity index (χ0n) is 13.7. The highest BCUT2D eigenvalue weighted by Gasteiger charge is 2.36. The van der Waals surface area contributed by atoms with Crippen LogP contribution in [0.1, 0.15) is 13.8 Å². The summed E-state index contributed by atoms with van der Waals surface area (Å²) >= 11 is 6.03. The minimum atomic E-state index is -1.29. The van der Waals surface area contributed by atoms with Crippen LogP contribution in [-0.4, -0.2) is 18.9 Å². The molecule has 0 atom stereocenters. The fourth-order valence-corrected chi connectivity index (χ4v) is 2.12. The Morgan fingerprint density at radius 2 is 1.67 bits per heavy atom. The minimum absolute atomic E-state index is 0.412. The monoisotopic (exact) mass is 346 g/mol. The van der Waals surface area contributed by atoms with Gasteiger partial charge in [-0.15, -0.1) is 0 Å². The van der Waals surface area contributed by atoms with Crippen LogP contribution in [0.25, 0.3) is 0 Å². The number of carbonyl (C=O) groups is 2. The van der Waals surface area contributed by atoms with Crippen LogP contribution in [-0.2, 0) is 9.59 Å². The van der Waals surface area contributed by atoms with Gasteiger partial charge < -0.3 is 15.4 Å². The van der Waals surface area contributed by atoms with Crippen molar-refractivity contribution in [1.29, 1.82) is 0 Å². The summed E-state index contributed by atoms with van der Waals surface area (Å²) < 4.78 is 5.12. The summed E-state index contributed by atoms with van der Waals surface area (Å²) in [5.41, 5.74) is -0.271. The molecule has 2 aromatic carbocycles. The SMILES string of the molecule is COc1cccc(NC(=O)C(C)(C)C(=O)Nc2ccccc2Cl)c1. The number of ether oxygens (including phenoxy) is 1. The third-order valence-corrected chi connectivity index (χ3v) is 3.91. The molecule has 0 spiro atoms. The molecule has 0 aliphatic heterocycles. The minimum Gasteiger partial charge on any atom is -0.497 e. The Balaban J connectivity index is 2.11. The van der Waals surface area contributed by atoms with E-state index in [-0.39, 0.29) is 0 Å². The van der Waals surface area contributed by atoms with Crippen molar-refractivity contribution < 1.29 is 14.3 Å². The highest BCUT2D eigenvalue weighted by atomic mass is 35.5. The van der Waals surface area contributed by atoms with E-state index in [1.165, 1.54) is 0 Å². The van der Waals surface area contributed by atoms with E-state index in [4.69, 9.17) is 16.3 Å². The first-order valence-electron chi connectivity index (χ1n) is 7.36. The molecule has 0 heterocycles. The molecule has 0 unspecified atom stereocenters. The molecule has 0 bridgehead atoms. The first-order chi connectivity index (χ1) is 11.3. The van der Waals surface area contributed by atoms with Gasteiger partial charge in [0.2, 0.25) is 11.8 Å². The summed E-state index contributed by atoms with van der Waals surface area (Å²) in [6, 6.07) is 13.8. The van der Waals surface area contributed by atoms with E-state index in [1.807, 2.05) is 0 Å². The number of hydrogen-bond donors (Lipinski definition) is 2. The molecule has 2 amide bonds. The van der Waals surface area contributed by atoms with Crippen LogP contribution in [0.15, 0.2) is 48.5 Å². The average molecular weight is 347 g/mol. The standard InChI is InChI=1S/C18H19ClN2O3/c1-18(2,17(23)21-15-10-5-4-9-14(15)19)16(22)20-12-7-6-8-13(11-12)24-3/h4-11H,1-3H3,(H,20,22)(H,21,23). The maximum atomic E-state index is 12.5. The predicted octanol–water partition coefficient (Wildman–Crippen LogP) is 3.95. The van der Waals surface area contributed by atoms with Crippen molar-refractivity contribution in [3.8, 4) is 5.75 Å². The van der Waals surface area contributed by atoms with Crippen molar-refractivity contribution >= 4 is 34.8 Å². The number of rotatable bonds is 5. The Labute approximate surface area is 146 Å². The Hall–Kier alpha value is -2.53. The van der Waals surface area contributed by atoms with Gasteiger partial charge in [0.1, 0.15) is 11.2 Å². The van der Waals surface area contributed by atoms with Gasteiger partial charge in [0.15, 0.2) is 0 Å². The zero-order chi connectivity index (χ0) is 17.7. The number of hydrogen-bond acceptors (Lipinski definition) is 3. The largest absolute Gasteiger partial charge is 0.497 e. The summed E-state index contributed by atoms with van der Waals surface area (Å²) in [5.74, 6) is -0.262. The second-order valence-electron chi connectivity index (χ2n) is 5.75. The Kier molecular flexibility index (Phi) is 5.46. The van der Waals surface area contributed by atoms with Gasteiger partial charge in [-0.05, 0) is 38.1 Å². The van der Waals surface area contributed by atoms with Crippen LogP contribution in [0.4, 0.5) is 11.4 Å². The molecule has 6 heteroatoms. The molecule has 0 radical (unpaired) electrons. The van der Waals surface area contributed by atoms with Gasteiger partial charge in [0.25, 0.3) is 0 Å². The van der Waals surface area contributed by atoms with Crippen LogP contribution in [0.3, 0.4) is 0 Å². The van der Waals surface area contributed by atoms with Crippen molar-refractivity contribution in [3.63, 3.8) is 0 Å². The number of methoxy groups -OCH3 is 1. The van der Waals surface area contributed by atoms with Crippen molar-refractivity contribution in [1.82, 2.24) is 0 Å². The van der Waals surface area contributed by atoms with E-state index in [9.17, 15) is 9.59 Å². The first kappa shape index (κ1) is 17.8. The van der Waals surface area contributed by atoms with Crippen LogP contribution >= 0.6 is 11.6 Å². The second-order valence-corrected chi connectivity index (χ2v) is 6.15. The Morgan fingerprint density at radius 1 is 1.00 bits per heavy atom. The zero-order valence-corrected chi connectivity index (χ0v) is 14.5. The van der Waals surface area contributed by atoms with Crippen molar-refractivity contribution in [2.75, 3.05) is 17.7 Å². The molecule has 0 aliphatic rings. The van der Waals surface area contributed by atoms with E-state index in [0.29, 0.717) is 22.1 Å². The summed E-state index contributed by atoms with van der Waals surface area (Å²) in [4.78, 5) is 25.0. The van der Waals surface area contributed by atoms with Crippen LogP contribution in [0.2, 0.25) is 5.02 Å². The second kappa shape index (κ2) is 7.36. The highest BCUT2D eigenvalue weighted by molar-refractivity contribution is 6.34. The lowest BCUT2D eigenvalue weighted by atomic mass is 9.90. The molecule has 24 heavy (non-hydrogen) atoms. The maximum absolute atomic E-state index is 12.5. The molecule has 0 fully saturated rings. The number of carbonyl (C=O) groups excluding carboxylic acids is 2. The number of para-hydroxylation sites is 1. The lowest BCUT2D eigenvalue weighted by Gasteiger charge is -2.23. The number of benzene rings is 2. The molecule has 0 aromatic heterocycles. The fourth-order valence-electron chi connectivity index (χ4n) is 1.93. The average Bonchev–Trinajstić information content (AvgIpc) is 2.57. The molecular formula is C18H19ClN2O3. The van der Waals surface area contributed by atoms with E-state index in [2.05, 4.69) is 10.6 Å². The molecule has 0 saturated carbocycles. The van der Waals surface area contributed by atoms with Crippen molar-refractivity contribution in [2.45, 2.75) is 13.8 Å². The third kappa shape index (κ3) is 4.06. The van der Waals surface area contributed by atoms with Gasteiger partial charge in [-0.1, -0.05) is 29.8 Å². The molecule has 2 rings (SSSR count). The van der Waals surface area contributed by atoms with Crippen LogP contribution in [0, 0.1) is 5.41 Å². The van der Waals surface area contributed by atoms with E-state index < -0.39 is 17.2 Å². The predicted molar refractivity (Wildman–Crippen MR) is 95.5 cm³/mol. The highest BCUT2D eigenvalue weighted by Crippen LogP contribution is 2.26. The summed E-state index contributed by atoms with van der Waals surface area (Å²) in [6.45, 7) is 3.10. The summed E-state index contributed by atoms with van der Waals surface area (Å²) in [7, 11) is 1.54. The first-order valence-corrected chi connectivity index (χ1v) is 7.74. The lowest BCUT2D eigenvalue weighted by Crippen LogP contribution is -2.41. The van der Waals surface area contributed by atoms with Gasteiger partial charge in [0.05, 0.1) is 17.8 Å². The lowest BCUT2D eigenvalue weighted by molar-refractivity contribution is -0.135. The number of amides is 2. The Morgan fingerprint density at radius 3 is 2.33 bits per heavy atom. The molecule has 2 N–H and O–H groups in total. The molecule has 5 nitrogen and oxygen atoms in total. The van der Waals surface area contributed by atoms with Gasteiger partial charge in [-0.3, -0.25) is 9.59 Å².